The molecule has 2 aliphatic rings. The summed E-state index contributed by atoms with van der Waals surface area (Å²) in [4.78, 5) is 7.54. The van der Waals surface area contributed by atoms with E-state index >= 15 is 0 Å². The molecule has 2 saturated heterocycles. The van der Waals surface area contributed by atoms with Crippen LogP contribution in [0.2, 0.25) is 0 Å². The van der Waals surface area contributed by atoms with Gasteiger partial charge in [0.25, 0.3) is 0 Å². The lowest BCUT2D eigenvalue weighted by Crippen LogP contribution is -2.62. The quantitative estimate of drug-likeness (QED) is 0.739. The van der Waals surface area contributed by atoms with Gasteiger partial charge in [-0.3, -0.25) is 4.90 Å². The molecule has 0 radical (unpaired) electrons. The second kappa shape index (κ2) is 5.89. The summed E-state index contributed by atoms with van der Waals surface area (Å²) in [6.45, 7) is 8.93. The van der Waals surface area contributed by atoms with E-state index in [2.05, 4.69) is 42.8 Å². The van der Waals surface area contributed by atoms with E-state index in [1.807, 2.05) is 0 Å². The summed E-state index contributed by atoms with van der Waals surface area (Å²) in [6, 6.07) is 0.817. The van der Waals surface area contributed by atoms with Crippen LogP contribution >= 0.6 is 0 Å². The number of hydrogen-bond donors (Lipinski definition) is 0. The van der Waals surface area contributed by atoms with Gasteiger partial charge in [-0.2, -0.15) is 0 Å². The van der Waals surface area contributed by atoms with Crippen molar-refractivity contribution in [3.63, 3.8) is 0 Å². The van der Waals surface area contributed by atoms with Crippen LogP contribution in [0.5, 0.6) is 0 Å². The lowest BCUT2D eigenvalue weighted by atomic mass is 9.71. The molecule has 0 aliphatic carbocycles. The Balaban J connectivity index is 1.76. The first-order chi connectivity index (χ1) is 8.54. The van der Waals surface area contributed by atoms with Crippen molar-refractivity contribution in [2.45, 2.75) is 38.6 Å². The van der Waals surface area contributed by atoms with E-state index in [1.54, 1.807) is 0 Å². The molecule has 18 heavy (non-hydrogen) atoms. The standard InChI is InChI=1S/C15H31N3/c1-5-14(6-9-16(2)3)18-12-15(13-18)7-10-17(4)11-8-15/h14H,5-13H2,1-4H3. The third kappa shape index (κ3) is 3.25. The highest BCUT2D eigenvalue weighted by Crippen LogP contribution is 2.41. The van der Waals surface area contributed by atoms with Crippen LogP contribution < -0.4 is 0 Å². The van der Waals surface area contributed by atoms with Crippen LogP contribution in [-0.2, 0) is 0 Å². The molecule has 0 bridgehead atoms. The van der Waals surface area contributed by atoms with Crippen LogP contribution in [0.25, 0.3) is 0 Å². The van der Waals surface area contributed by atoms with Crippen molar-refractivity contribution in [2.24, 2.45) is 5.41 Å². The van der Waals surface area contributed by atoms with E-state index in [0.717, 1.165) is 6.04 Å². The Hall–Kier alpha value is -0.120. The number of hydrogen-bond acceptors (Lipinski definition) is 3. The van der Waals surface area contributed by atoms with Crippen LogP contribution in [0.15, 0.2) is 0 Å². The predicted molar refractivity (Wildman–Crippen MR) is 78.0 cm³/mol. The highest BCUT2D eigenvalue weighted by Gasteiger charge is 2.45. The molecule has 1 spiro atoms. The Labute approximate surface area is 113 Å². The van der Waals surface area contributed by atoms with Crippen molar-refractivity contribution >= 4 is 0 Å². The zero-order chi connectivity index (χ0) is 13.2. The third-order valence-electron chi connectivity index (χ3n) is 5.02. The maximum absolute atomic E-state index is 2.74. The van der Waals surface area contributed by atoms with Crippen molar-refractivity contribution in [2.75, 3.05) is 53.9 Å². The maximum atomic E-state index is 2.74. The van der Waals surface area contributed by atoms with Gasteiger partial charge in [0.1, 0.15) is 0 Å². The first-order valence-electron chi connectivity index (χ1n) is 7.62. The summed E-state index contributed by atoms with van der Waals surface area (Å²) in [5, 5.41) is 0. The summed E-state index contributed by atoms with van der Waals surface area (Å²) < 4.78 is 0. The molecular formula is C15H31N3. The summed E-state index contributed by atoms with van der Waals surface area (Å²) in [6.07, 6.45) is 5.48. The Morgan fingerprint density at radius 3 is 2.28 bits per heavy atom. The second-order valence-corrected chi connectivity index (χ2v) is 6.86. The molecular weight excluding hydrogens is 222 g/mol. The minimum Gasteiger partial charge on any atom is -0.309 e. The molecule has 0 amide bonds. The molecule has 0 aromatic carbocycles. The summed E-state index contributed by atoms with van der Waals surface area (Å²) in [7, 11) is 6.62. The summed E-state index contributed by atoms with van der Waals surface area (Å²) in [5.74, 6) is 0. The monoisotopic (exact) mass is 253 g/mol. The van der Waals surface area contributed by atoms with Crippen molar-refractivity contribution in [3.05, 3.63) is 0 Å². The molecule has 3 nitrogen and oxygen atoms in total. The fourth-order valence-electron chi connectivity index (χ4n) is 3.53. The van der Waals surface area contributed by atoms with Gasteiger partial charge in [-0.1, -0.05) is 6.92 Å². The van der Waals surface area contributed by atoms with Crippen LogP contribution in [0.3, 0.4) is 0 Å². The zero-order valence-corrected chi connectivity index (χ0v) is 12.8. The maximum Gasteiger partial charge on any atom is 0.0105 e. The van der Waals surface area contributed by atoms with Gasteiger partial charge in [-0.05, 0) is 71.9 Å². The predicted octanol–water partition coefficient (Wildman–Crippen LogP) is 1.74. The third-order valence-corrected chi connectivity index (χ3v) is 5.02. The minimum absolute atomic E-state index is 0.693. The average molecular weight is 253 g/mol. The first-order valence-corrected chi connectivity index (χ1v) is 7.62. The van der Waals surface area contributed by atoms with E-state index < -0.39 is 0 Å². The second-order valence-electron chi connectivity index (χ2n) is 6.86. The van der Waals surface area contributed by atoms with Crippen molar-refractivity contribution in [3.8, 4) is 0 Å². The van der Waals surface area contributed by atoms with Gasteiger partial charge >= 0.3 is 0 Å². The molecule has 106 valence electrons. The van der Waals surface area contributed by atoms with Crippen LogP contribution in [0.1, 0.15) is 32.6 Å². The van der Waals surface area contributed by atoms with Crippen LogP contribution in [-0.4, -0.2) is 74.6 Å². The molecule has 2 fully saturated rings. The smallest absolute Gasteiger partial charge is 0.0105 e. The van der Waals surface area contributed by atoms with Gasteiger partial charge in [-0.15, -0.1) is 0 Å². The van der Waals surface area contributed by atoms with Crippen LogP contribution in [0, 0.1) is 5.41 Å². The van der Waals surface area contributed by atoms with Gasteiger partial charge in [0.05, 0.1) is 0 Å². The first kappa shape index (κ1) is 14.3. The summed E-state index contributed by atoms with van der Waals surface area (Å²) in [5.41, 5.74) is 0.693. The zero-order valence-electron chi connectivity index (χ0n) is 12.8. The molecule has 3 heteroatoms. The topological polar surface area (TPSA) is 9.72 Å². The average Bonchev–Trinajstić information content (AvgIpc) is 2.29. The number of rotatable bonds is 5. The molecule has 2 rings (SSSR count). The molecule has 1 unspecified atom stereocenters. The molecule has 0 N–H and O–H groups in total. The van der Waals surface area contributed by atoms with Crippen LogP contribution in [0.4, 0.5) is 0 Å². The van der Waals surface area contributed by atoms with E-state index in [0.29, 0.717) is 5.41 Å². The molecule has 2 aliphatic heterocycles. The lowest BCUT2D eigenvalue weighted by molar-refractivity contribution is -0.0692. The molecule has 1 atom stereocenters. The minimum atomic E-state index is 0.693. The fourth-order valence-corrected chi connectivity index (χ4v) is 3.53. The SMILES string of the molecule is CCC(CCN(C)C)N1CC2(CCN(C)CC2)C1. The van der Waals surface area contributed by atoms with Gasteiger partial charge in [-0.25, -0.2) is 0 Å². The Morgan fingerprint density at radius 1 is 1.17 bits per heavy atom. The number of nitrogens with zero attached hydrogens (tertiary/aromatic N) is 3. The van der Waals surface area contributed by atoms with Gasteiger partial charge in [0.2, 0.25) is 0 Å². The highest BCUT2D eigenvalue weighted by atomic mass is 15.3. The Kier molecular flexibility index (Phi) is 4.68. The molecule has 0 aromatic rings. The van der Waals surface area contributed by atoms with Gasteiger partial charge < -0.3 is 9.80 Å². The van der Waals surface area contributed by atoms with E-state index in [1.165, 1.54) is 58.4 Å². The Morgan fingerprint density at radius 2 is 1.78 bits per heavy atom. The highest BCUT2D eigenvalue weighted by molar-refractivity contribution is 4.99. The van der Waals surface area contributed by atoms with E-state index in [-0.39, 0.29) is 0 Å². The number of likely N-dealkylation sites (tertiary alicyclic amines) is 2. The molecule has 2 heterocycles. The fraction of sp³-hybridized carbons (Fsp3) is 1.00. The van der Waals surface area contributed by atoms with E-state index in [4.69, 9.17) is 0 Å². The van der Waals surface area contributed by atoms with Gasteiger partial charge in [0.15, 0.2) is 0 Å². The molecule has 0 saturated carbocycles. The van der Waals surface area contributed by atoms with Crippen molar-refractivity contribution in [1.29, 1.82) is 0 Å². The van der Waals surface area contributed by atoms with E-state index in [9.17, 15) is 0 Å². The molecule has 0 aromatic heterocycles. The Bertz CT molecular complexity index is 248. The largest absolute Gasteiger partial charge is 0.309 e. The van der Waals surface area contributed by atoms with Crippen molar-refractivity contribution < 1.29 is 0 Å². The van der Waals surface area contributed by atoms with Crippen molar-refractivity contribution in [1.82, 2.24) is 14.7 Å². The summed E-state index contributed by atoms with van der Waals surface area (Å²) >= 11 is 0. The normalized spacial score (nSPS) is 26.5. The number of piperidine rings is 1. The lowest BCUT2D eigenvalue weighted by Gasteiger charge is -2.56. The van der Waals surface area contributed by atoms with Gasteiger partial charge in [0, 0.05) is 19.1 Å².